The van der Waals surface area contributed by atoms with Crippen molar-refractivity contribution in [2.24, 2.45) is 0 Å². The molecule has 1 aromatic carbocycles. The first-order valence-corrected chi connectivity index (χ1v) is 9.64. The van der Waals surface area contributed by atoms with Crippen molar-refractivity contribution in [3.05, 3.63) is 41.2 Å². The summed E-state index contributed by atoms with van der Waals surface area (Å²) in [7, 11) is -3.35. The molecular weight excluding hydrogens is 330 g/mol. The van der Waals surface area contributed by atoms with Crippen molar-refractivity contribution in [2.75, 3.05) is 16.3 Å². The molecule has 24 heavy (non-hydrogen) atoms. The molecule has 1 amide bonds. The molecule has 0 saturated carbocycles. The van der Waals surface area contributed by atoms with Crippen LogP contribution >= 0.6 is 0 Å². The smallest absolute Gasteiger partial charge is 0.230 e. The normalized spacial score (nSPS) is 14.0. The molecule has 0 bridgehead atoms. The van der Waals surface area contributed by atoms with Gasteiger partial charge in [0.2, 0.25) is 15.9 Å². The number of aryl methyl sites for hydroxylation is 1. The molecule has 1 aromatic heterocycles. The van der Waals surface area contributed by atoms with Gasteiger partial charge in [-0.1, -0.05) is 17.3 Å². The molecule has 1 aliphatic carbocycles. The standard InChI is InChI=1S/C16H19N3O4S/c1-24(21,22)19-12-6-4-5-11(9-12)10-15(20)17-16-13-7-2-3-8-14(13)23-18-16/h4-6,9,19H,2-3,7-8,10H2,1H3,(H,17,18,20). The number of hydrogen-bond acceptors (Lipinski definition) is 5. The maximum absolute atomic E-state index is 12.2. The summed E-state index contributed by atoms with van der Waals surface area (Å²) in [4.78, 5) is 12.2. The lowest BCUT2D eigenvalue weighted by molar-refractivity contribution is -0.115. The van der Waals surface area contributed by atoms with Crippen molar-refractivity contribution in [1.29, 1.82) is 0 Å². The quantitative estimate of drug-likeness (QED) is 0.861. The van der Waals surface area contributed by atoms with E-state index in [0.29, 0.717) is 17.1 Å². The fourth-order valence-corrected chi connectivity index (χ4v) is 3.36. The summed E-state index contributed by atoms with van der Waals surface area (Å²) in [5.74, 6) is 1.14. The van der Waals surface area contributed by atoms with Gasteiger partial charge in [-0.2, -0.15) is 0 Å². The van der Waals surface area contributed by atoms with Crippen LogP contribution in [-0.4, -0.2) is 25.7 Å². The first-order chi connectivity index (χ1) is 11.4. The minimum absolute atomic E-state index is 0.126. The molecule has 2 aromatic rings. The summed E-state index contributed by atoms with van der Waals surface area (Å²) in [6, 6.07) is 6.74. The molecule has 0 fully saturated rings. The summed E-state index contributed by atoms with van der Waals surface area (Å²) in [6.07, 6.45) is 5.08. The Morgan fingerprint density at radius 2 is 2.08 bits per heavy atom. The Hall–Kier alpha value is -2.35. The Labute approximate surface area is 140 Å². The molecule has 0 saturated heterocycles. The van der Waals surface area contributed by atoms with Crippen LogP contribution < -0.4 is 10.0 Å². The Balaban J connectivity index is 1.67. The minimum atomic E-state index is -3.35. The van der Waals surface area contributed by atoms with E-state index < -0.39 is 10.0 Å². The SMILES string of the molecule is CS(=O)(=O)Nc1cccc(CC(=O)Nc2noc3c2CCCC3)c1. The zero-order valence-electron chi connectivity index (χ0n) is 13.3. The van der Waals surface area contributed by atoms with E-state index >= 15 is 0 Å². The third kappa shape index (κ3) is 4.14. The lowest BCUT2D eigenvalue weighted by Crippen LogP contribution is -2.16. The zero-order chi connectivity index (χ0) is 17.2. The van der Waals surface area contributed by atoms with Crippen molar-refractivity contribution in [1.82, 2.24) is 5.16 Å². The van der Waals surface area contributed by atoms with E-state index in [4.69, 9.17) is 4.52 Å². The number of anilines is 2. The van der Waals surface area contributed by atoms with Crippen molar-refractivity contribution < 1.29 is 17.7 Å². The van der Waals surface area contributed by atoms with Gasteiger partial charge >= 0.3 is 0 Å². The van der Waals surface area contributed by atoms with Crippen LogP contribution in [0.15, 0.2) is 28.8 Å². The summed E-state index contributed by atoms with van der Waals surface area (Å²) >= 11 is 0. The molecule has 8 heteroatoms. The van der Waals surface area contributed by atoms with E-state index in [0.717, 1.165) is 43.3 Å². The number of hydrogen-bond donors (Lipinski definition) is 2. The molecule has 1 heterocycles. The lowest BCUT2D eigenvalue weighted by atomic mass is 9.98. The van der Waals surface area contributed by atoms with Crippen LogP contribution in [0.25, 0.3) is 0 Å². The number of aromatic nitrogens is 1. The fraction of sp³-hybridized carbons (Fsp3) is 0.375. The van der Waals surface area contributed by atoms with E-state index in [2.05, 4.69) is 15.2 Å². The van der Waals surface area contributed by atoms with Crippen molar-refractivity contribution >= 4 is 27.4 Å². The second kappa shape index (κ2) is 6.64. The average molecular weight is 349 g/mol. The maximum Gasteiger partial charge on any atom is 0.230 e. The molecule has 0 radical (unpaired) electrons. The van der Waals surface area contributed by atoms with Crippen LogP contribution in [-0.2, 0) is 34.1 Å². The molecular formula is C16H19N3O4S. The summed E-state index contributed by atoms with van der Waals surface area (Å²) in [5, 5.41) is 6.73. The van der Waals surface area contributed by atoms with Gasteiger partial charge in [0.1, 0.15) is 5.76 Å². The molecule has 0 atom stereocenters. The van der Waals surface area contributed by atoms with E-state index in [1.807, 2.05) is 0 Å². The molecule has 0 unspecified atom stereocenters. The molecule has 128 valence electrons. The van der Waals surface area contributed by atoms with Gasteiger partial charge in [0.05, 0.1) is 12.7 Å². The Kier molecular flexibility index (Phi) is 4.57. The van der Waals surface area contributed by atoms with Crippen LogP contribution in [0.4, 0.5) is 11.5 Å². The topological polar surface area (TPSA) is 101 Å². The van der Waals surface area contributed by atoms with Gasteiger partial charge in [-0.3, -0.25) is 9.52 Å². The molecule has 2 N–H and O–H groups in total. The highest BCUT2D eigenvalue weighted by Crippen LogP contribution is 2.27. The van der Waals surface area contributed by atoms with E-state index in [1.165, 1.54) is 0 Å². The monoisotopic (exact) mass is 349 g/mol. The largest absolute Gasteiger partial charge is 0.359 e. The van der Waals surface area contributed by atoms with Gasteiger partial charge in [-0.25, -0.2) is 8.42 Å². The fourth-order valence-electron chi connectivity index (χ4n) is 2.80. The molecule has 3 rings (SSSR count). The Morgan fingerprint density at radius 3 is 2.88 bits per heavy atom. The summed E-state index contributed by atoms with van der Waals surface area (Å²) < 4.78 is 30.2. The van der Waals surface area contributed by atoms with E-state index in [9.17, 15) is 13.2 Å². The number of nitrogens with zero attached hydrogens (tertiary/aromatic N) is 1. The number of fused-ring (bicyclic) bond motifs is 1. The minimum Gasteiger partial charge on any atom is -0.359 e. The zero-order valence-corrected chi connectivity index (χ0v) is 14.1. The third-order valence-corrected chi connectivity index (χ3v) is 4.41. The summed E-state index contributed by atoms with van der Waals surface area (Å²) in [5.41, 5.74) is 2.13. The van der Waals surface area contributed by atoms with Gasteiger partial charge in [-0.15, -0.1) is 0 Å². The lowest BCUT2D eigenvalue weighted by Gasteiger charge is -2.10. The molecule has 1 aliphatic rings. The number of carbonyl (C=O) groups is 1. The van der Waals surface area contributed by atoms with Crippen LogP contribution in [0.2, 0.25) is 0 Å². The first-order valence-electron chi connectivity index (χ1n) is 7.75. The van der Waals surface area contributed by atoms with Crippen LogP contribution in [0.3, 0.4) is 0 Å². The Bertz CT molecular complexity index is 858. The second-order valence-corrected chi connectivity index (χ2v) is 7.69. The van der Waals surface area contributed by atoms with Gasteiger partial charge in [0, 0.05) is 17.7 Å². The van der Waals surface area contributed by atoms with E-state index in [1.54, 1.807) is 24.3 Å². The van der Waals surface area contributed by atoms with Crippen molar-refractivity contribution in [2.45, 2.75) is 32.1 Å². The highest BCUT2D eigenvalue weighted by molar-refractivity contribution is 7.92. The van der Waals surface area contributed by atoms with Gasteiger partial charge in [-0.05, 0) is 37.0 Å². The number of carbonyl (C=O) groups excluding carboxylic acids is 1. The van der Waals surface area contributed by atoms with Gasteiger partial charge < -0.3 is 9.84 Å². The van der Waals surface area contributed by atoms with Crippen molar-refractivity contribution in [3.8, 4) is 0 Å². The maximum atomic E-state index is 12.2. The predicted octanol–water partition coefficient (Wildman–Crippen LogP) is 2.11. The van der Waals surface area contributed by atoms with Gasteiger partial charge in [0.15, 0.2) is 5.82 Å². The summed E-state index contributed by atoms with van der Waals surface area (Å²) in [6.45, 7) is 0. The highest BCUT2D eigenvalue weighted by Gasteiger charge is 2.20. The third-order valence-electron chi connectivity index (χ3n) is 3.80. The highest BCUT2D eigenvalue weighted by atomic mass is 32.2. The van der Waals surface area contributed by atoms with Crippen molar-refractivity contribution in [3.63, 3.8) is 0 Å². The average Bonchev–Trinajstić information content (AvgIpc) is 2.89. The molecule has 0 spiro atoms. The number of benzene rings is 1. The van der Waals surface area contributed by atoms with E-state index in [-0.39, 0.29) is 12.3 Å². The van der Waals surface area contributed by atoms with Crippen LogP contribution in [0, 0.1) is 0 Å². The second-order valence-electron chi connectivity index (χ2n) is 5.94. The van der Waals surface area contributed by atoms with Crippen LogP contribution in [0.5, 0.6) is 0 Å². The number of rotatable bonds is 5. The number of sulfonamides is 1. The van der Waals surface area contributed by atoms with Gasteiger partial charge in [0.25, 0.3) is 0 Å². The Morgan fingerprint density at radius 1 is 1.29 bits per heavy atom. The number of amides is 1. The predicted molar refractivity (Wildman–Crippen MR) is 90.4 cm³/mol. The van der Waals surface area contributed by atoms with Crippen LogP contribution in [0.1, 0.15) is 29.7 Å². The first kappa shape index (κ1) is 16.5. The number of nitrogens with one attached hydrogen (secondary N) is 2. The molecule has 7 nitrogen and oxygen atoms in total. The molecule has 0 aliphatic heterocycles.